The van der Waals surface area contributed by atoms with Crippen LogP contribution in [0.3, 0.4) is 0 Å². The molecule has 0 bridgehead atoms. The maximum atomic E-state index is 4.61. The van der Waals surface area contributed by atoms with Gasteiger partial charge in [0.15, 0.2) is 0 Å². The van der Waals surface area contributed by atoms with Gasteiger partial charge in [0.05, 0.1) is 15.2 Å². The van der Waals surface area contributed by atoms with Gasteiger partial charge in [0.2, 0.25) is 0 Å². The van der Waals surface area contributed by atoms with Gasteiger partial charge in [-0.1, -0.05) is 12.1 Å². The van der Waals surface area contributed by atoms with E-state index in [0.29, 0.717) is 0 Å². The Balaban J connectivity index is 1.91. The second-order valence-corrected chi connectivity index (χ2v) is 4.92. The van der Waals surface area contributed by atoms with Crippen LogP contribution in [-0.2, 0) is 6.42 Å². The molecule has 0 fully saturated rings. The molecule has 3 rings (SSSR count). The molecule has 15 heavy (non-hydrogen) atoms. The predicted octanol–water partition coefficient (Wildman–Crippen LogP) is 3.07. The van der Waals surface area contributed by atoms with E-state index < -0.39 is 0 Å². The number of para-hydroxylation sites is 1. The van der Waals surface area contributed by atoms with Gasteiger partial charge in [-0.15, -0.1) is 11.3 Å². The van der Waals surface area contributed by atoms with E-state index in [4.69, 9.17) is 0 Å². The molecule has 3 heteroatoms. The van der Waals surface area contributed by atoms with Crippen molar-refractivity contribution in [3.05, 3.63) is 29.3 Å². The molecule has 2 aromatic rings. The minimum atomic E-state index is 0.958. The van der Waals surface area contributed by atoms with Gasteiger partial charge in [0, 0.05) is 18.7 Å². The number of hydrogen-bond donors (Lipinski definition) is 0. The standard InChI is InChI=1S/C12H12N2S/c1-2-6-11-10(5-1)14-12(15-11)8-9-4-3-7-13-9/h1-2,5-6H,3-4,7-8H2. The SMILES string of the molecule is c1ccc2sc(CC3=NCCC3)nc2c1. The van der Waals surface area contributed by atoms with E-state index in [-0.39, 0.29) is 0 Å². The number of aromatic nitrogens is 1. The molecule has 1 aliphatic rings. The van der Waals surface area contributed by atoms with Crippen LogP contribution in [0.4, 0.5) is 0 Å². The minimum Gasteiger partial charge on any atom is -0.294 e. The topological polar surface area (TPSA) is 25.2 Å². The third-order valence-corrected chi connectivity index (χ3v) is 3.69. The summed E-state index contributed by atoms with van der Waals surface area (Å²) in [4.78, 5) is 9.10. The highest BCUT2D eigenvalue weighted by atomic mass is 32.1. The van der Waals surface area contributed by atoms with E-state index in [9.17, 15) is 0 Å². The van der Waals surface area contributed by atoms with Crippen molar-refractivity contribution in [2.45, 2.75) is 19.3 Å². The van der Waals surface area contributed by atoms with Crippen LogP contribution in [0.2, 0.25) is 0 Å². The van der Waals surface area contributed by atoms with Crippen LogP contribution in [0.15, 0.2) is 29.3 Å². The molecule has 0 aliphatic carbocycles. The monoisotopic (exact) mass is 216 g/mol. The summed E-state index contributed by atoms with van der Waals surface area (Å²) in [5.74, 6) is 0. The molecular weight excluding hydrogens is 204 g/mol. The first-order valence-corrected chi connectivity index (χ1v) is 6.10. The van der Waals surface area contributed by atoms with E-state index in [0.717, 1.165) is 24.9 Å². The summed E-state index contributed by atoms with van der Waals surface area (Å²) in [6.07, 6.45) is 3.34. The van der Waals surface area contributed by atoms with Crippen LogP contribution in [0, 0.1) is 0 Å². The summed E-state index contributed by atoms with van der Waals surface area (Å²) in [7, 11) is 0. The van der Waals surface area contributed by atoms with Crippen LogP contribution < -0.4 is 0 Å². The van der Waals surface area contributed by atoms with Gasteiger partial charge < -0.3 is 0 Å². The molecule has 1 aromatic carbocycles. The highest BCUT2D eigenvalue weighted by Crippen LogP contribution is 2.23. The zero-order valence-corrected chi connectivity index (χ0v) is 9.26. The van der Waals surface area contributed by atoms with Crippen molar-refractivity contribution in [3.63, 3.8) is 0 Å². The maximum absolute atomic E-state index is 4.61. The summed E-state index contributed by atoms with van der Waals surface area (Å²) in [5, 5.41) is 1.21. The number of hydrogen-bond acceptors (Lipinski definition) is 3. The number of nitrogens with zero attached hydrogens (tertiary/aromatic N) is 2. The number of rotatable bonds is 2. The summed E-state index contributed by atoms with van der Waals surface area (Å²) in [5.41, 5.74) is 2.45. The third kappa shape index (κ3) is 1.79. The maximum Gasteiger partial charge on any atom is 0.0994 e. The average Bonchev–Trinajstić information content (AvgIpc) is 2.86. The number of aliphatic imine (C=N–C) groups is 1. The molecule has 0 saturated heterocycles. The fourth-order valence-electron chi connectivity index (χ4n) is 1.91. The molecule has 1 aliphatic heterocycles. The van der Waals surface area contributed by atoms with Crippen molar-refractivity contribution in [3.8, 4) is 0 Å². The average molecular weight is 216 g/mol. The lowest BCUT2D eigenvalue weighted by atomic mass is 10.2. The van der Waals surface area contributed by atoms with E-state index in [2.05, 4.69) is 28.2 Å². The predicted molar refractivity (Wildman–Crippen MR) is 64.9 cm³/mol. The molecule has 0 unspecified atom stereocenters. The van der Waals surface area contributed by atoms with E-state index in [1.165, 1.54) is 21.8 Å². The third-order valence-electron chi connectivity index (χ3n) is 2.65. The minimum absolute atomic E-state index is 0.958. The van der Waals surface area contributed by atoms with E-state index >= 15 is 0 Å². The van der Waals surface area contributed by atoms with Gasteiger partial charge in [-0.3, -0.25) is 4.99 Å². The number of benzene rings is 1. The molecule has 2 heterocycles. The molecular formula is C12H12N2S. The Labute approximate surface area is 92.7 Å². The van der Waals surface area contributed by atoms with Crippen molar-refractivity contribution in [2.24, 2.45) is 4.99 Å². The first-order chi connectivity index (χ1) is 7.42. The van der Waals surface area contributed by atoms with Crippen LogP contribution in [0.5, 0.6) is 0 Å². The summed E-state index contributed by atoms with van der Waals surface area (Å²) >= 11 is 1.79. The normalized spacial score (nSPS) is 15.9. The Morgan fingerprint density at radius 3 is 3.00 bits per heavy atom. The van der Waals surface area contributed by atoms with Gasteiger partial charge >= 0.3 is 0 Å². The molecule has 1 aromatic heterocycles. The van der Waals surface area contributed by atoms with Crippen LogP contribution in [-0.4, -0.2) is 17.2 Å². The summed E-state index contributed by atoms with van der Waals surface area (Å²) in [6.45, 7) is 1.01. The quantitative estimate of drug-likeness (QED) is 0.757. The lowest BCUT2D eigenvalue weighted by Crippen LogP contribution is -1.97. The second kappa shape index (κ2) is 3.74. The highest BCUT2D eigenvalue weighted by molar-refractivity contribution is 7.18. The molecule has 0 spiro atoms. The van der Waals surface area contributed by atoms with Crippen LogP contribution >= 0.6 is 11.3 Å². The Morgan fingerprint density at radius 1 is 1.27 bits per heavy atom. The number of fused-ring (bicyclic) bond motifs is 1. The zero-order chi connectivity index (χ0) is 10.1. The van der Waals surface area contributed by atoms with Crippen molar-refractivity contribution >= 4 is 27.3 Å². The Hall–Kier alpha value is -1.22. The zero-order valence-electron chi connectivity index (χ0n) is 8.44. The summed E-state index contributed by atoms with van der Waals surface area (Å²) in [6, 6.07) is 8.31. The summed E-state index contributed by atoms with van der Waals surface area (Å²) < 4.78 is 1.28. The lowest BCUT2D eigenvalue weighted by molar-refractivity contribution is 0.949. The number of thiazole rings is 1. The second-order valence-electron chi connectivity index (χ2n) is 3.80. The molecule has 2 nitrogen and oxygen atoms in total. The van der Waals surface area contributed by atoms with Gasteiger partial charge in [-0.05, 0) is 25.0 Å². The molecule has 0 amide bonds. The molecule has 76 valence electrons. The van der Waals surface area contributed by atoms with E-state index in [1.807, 2.05) is 6.07 Å². The Kier molecular flexibility index (Phi) is 2.25. The molecule has 0 N–H and O–H groups in total. The largest absolute Gasteiger partial charge is 0.294 e. The van der Waals surface area contributed by atoms with Gasteiger partial charge in [0.25, 0.3) is 0 Å². The van der Waals surface area contributed by atoms with Gasteiger partial charge in [0.1, 0.15) is 0 Å². The van der Waals surface area contributed by atoms with Crippen LogP contribution in [0.25, 0.3) is 10.2 Å². The fraction of sp³-hybridized carbons (Fsp3) is 0.333. The van der Waals surface area contributed by atoms with Crippen molar-refractivity contribution in [1.29, 1.82) is 0 Å². The van der Waals surface area contributed by atoms with Crippen molar-refractivity contribution < 1.29 is 0 Å². The fourth-order valence-corrected chi connectivity index (χ4v) is 2.92. The lowest BCUT2D eigenvalue weighted by Gasteiger charge is -1.93. The van der Waals surface area contributed by atoms with Crippen molar-refractivity contribution in [1.82, 2.24) is 4.98 Å². The first kappa shape index (κ1) is 9.04. The smallest absolute Gasteiger partial charge is 0.0994 e. The van der Waals surface area contributed by atoms with E-state index in [1.54, 1.807) is 11.3 Å². The molecule has 0 atom stereocenters. The Morgan fingerprint density at radius 2 is 2.20 bits per heavy atom. The Bertz CT molecular complexity index is 480. The van der Waals surface area contributed by atoms with Gasteiger partial charge in [-0.2, -0.15) is 0 Å². The van der Waals surface area contributed by atoms with Crippen molar-refractivity contribution in [2.75, 3.05) is 6.54 Å². The first-order valence-electron chi connectivity index (χ1n) is 5.28. The molecule has 0 radical (unpaired) electrons. The van der Waals surface area contributed by atoms with Crippen LogP contribution in [0.1, 0.15) is 17.8 Å². The van der Waals surface area contributed by atoms with Gasteiger partial charge in [-0.25, -0.2) is 4.98 Å². The molecule has 0 saturated carbocycles. The highest BCUT2D eigenvalue weighted by Gasteiger charge is 2.10.